The fraction of sp³-hybridized carbons (Fsp3) is 0.286. The number of amides is 1. The maximum absolute atomic E-state index is 12.5. The molecule has 152 valence electrons. The first kappa shape index (κ1) is 21.0. The average Bonchev–Trinajstić information content (AvgIpc) is 3.20. The fourth-order valence-electron chi connectivity index (χ4n) is 3.26. The van der Waals surface area contributed by atoms with Gasteiger partial charge in [0.2, 0.25) is 0 Å². The van der Waals surface area contributed by atoms with E-state index in [1.165, 1.54) is 0 Å². The number of nitrogens with one attached hydrogen (secondary N) is 2. The van der Waals surface area contributed by atoms with Crippen LogP contribution in [0.2, 0.25) is 0 Å². The number of anilines is 1. The molecule has 1 unspecified atom stereocenters. The van der Waals surface area contributed by atoms with Crippen molar-refractivity contribution in [3.8, 4) is 11.5 Å². The van der Waals surface area contributed by atoms with E-state index in [2.05, 4.69) is 32.7 Å². The number of hydrogen-bond donors (Lipinski definition) is 2. The van der Waals surface area contributed by atoms with Crippen LogP contribution in [0.4, 0.5) is 5.69 Å². The Bertz CT molecular complexity index is 976. The van der Waals surface area contributed by atoms with Crippen molar-refractivity contribution < 1.29 is 9.32 Å². The molecule has 1 fully saturated rings. The summed E-state index contributed by atoms with van der Waals surface area (Å²) < 4.78 is 5.51. The molecule has 1 atom stereocenters. The van der Waals surface area contributed by atoms with Gasteiger partial charge in [-0.1, -0.05) is 29.4 Å². The highest BCUT2D eigenvalue weighted by Gasteiger charge is 2.25. The molecule has 1 aliphatic rings. The summed E-state index contributed by atoms with van der Waals surface area (Å²) in [6, 6.07) is 15.0. The summed E-state index contributed by atoms with van der Waals surface area (Å²) in [6.45, 7) is 4.64. The van der Waals surface area contributed by atoms with Gasteiger partial charge in [-0.2, -0.15) is 4.98 Å². The Labute approximate surface area is 175 Å². The quantitative estimate of drug-likeness (QED) is 0.682. The van der Waals surface area contributed by atoms with Crippen molar-refractivity contribution in [3.63, 3.8) is 0 Å². The number of likely N-dealkylation sites (N-methyl/N-ethyl adjacent to an activating group) is 1. The van der Waals surface area contributed by atoms with Crippen molar-refractivity contribution in [1.82, 2.24) is 20.4 Å². The third kappa shape index (κ3) is 4.64. The summed E-state index contributed by atoms with van der Waals surface area (Å²) in [5, 5.41) is 10.5. The zero-order chi connectivity index (χ0) is 19.5. The molecule has 4 rings (SSSR count). The molecule has 7 nitrogen and oxygen atoms in total. The van der Waals surface area contributed by atoms with E-state index in [0.717, 1.165) is 36.4 Å². The molecule has 3 aromatic rings. The van der Waals surface area contributed by atoms with Crippen molar-refractivity contribution in [3.05, 3.63) is 65.5 Å². The Hall–Kier alpha value is -2.74. The van der Waals surface area contributed by atoms with E-state index in [0.29, 0.717) is 17.3 Å². The lowest BCUT2D eigenvalue weighted by Crippen LogP contribution is -2.44. The van der Waals surface area contributed by atoms with E-state index >= 15 is 0 Å². The van der Waals surface area contributed by atoms with Gasteiger partial charge in [-0.3, -0.25) is 9.69 Å². The van der Waals surface area contributed by atoms with Gasteiger partial charge >= 0.3 is 0 Å². The van der Waals surface area contributed by atoms with E-state index < -0.39 is 0 Å². The van der Waals surface area contributed by atoms with Gasteiger partial charge in [0, 0.05) is 36.4 Å². The summed E-state index contributed by atoms with van der Waals surface area (Å²) in [6.07, 6.45) is 0. The number of carbonyl (C=O) groups is 1. The van der Waals surface area contributed by atoms with Crippen LogP contribution >= 0.6 is 12.4 Å². The number of aryl methyl sites for hydroxylation is 1. The molecule has 2 N–H and O–H groups in total. The van der Waals surface area contributed by atoms with E-state index in [1.807, 2.05) is 43.3 Å². The average molecular weight is 414 g/mol. The van der Waals surface area contributed by atoms with Gasteiger partial charge in [0.25, 0.3) is 11.8 Å². The Morgan fingerprint density at radius 1 is 1.24 bits per heavy atom. The highest BCUT2D eigenvalue weighted by atomic mass is 35.5. The molecule has 0 spiro atoms. The Morgan fingerprint density at radius 3 is 2.79 bits per heavy atom. The minimum atomic E-state index is -0.151. The second-order valence-electron chi connectivity index (χ2n) is 7.01. The number of rotatable bonds is 4. The van der Waals surface area contributed by atoms with Crippen LogP contribution in [0.25, 0.3) is 11.5 Å². The second-order valence-corrected chi connectivity index (χ2v) is 7.01. The maximum Gasteiger partial charge on any atom is 0.258 e. The Balaban J connectivity index is 0.00000240. The minimum Gasteiger partial charge on any atom is -0.334 e. The van der Waals surface area contributed by atoms with E-state index in [9.17, 15) is 4.79 Å². The van der Waals surface area contributed by atoms with Crippen LogP contribution in [-0.2, 0) is 0 Å². The van der Waals surface area contributed by atoms with Crippen molar-refractivity contribution >= 4 is 24.0 Å². The van der Waals surface area contributed by atoms with Crippen molar-refractivity contribution in [2.45, 2.75) is 13.0 Å². The Morgan fingerprint density at radius 2 is 2.03 bits per heavy atom. The topological polar surface area (TPSA) is 83.3 Å². The number of aromatic nitrogens is 2. The van der Waals surface area contributed by atoms with Gasteiger partial charge < -0.3 is 15.2 Å². The predicted molar refractivity (Wildman–Crippen MR) is 114 cm³/mol. The molecular formula is C21H24ClN5O2. The predicted octanol–water partition coefficient (Wildman–Crippen LogP) is 3.30. The molecule has 1 saturated heterocycles. The standard InChI is InChI=1S/C21H23N5O2.ClH/c1-14-8-9-16(12-17(14)23-20(27)15-6-4-3-5-7-15)21-24-19(25-28-21)18-13-22-10-11-26(18)2;/h3-9,12,18,22H,10-11,13H2,1-2H3,(H,23,27);1H. The molecule has 2 heterocycles. The number of benzene rings is 2. The fourth-order valence-corrected chi connectivity index (χ4v) is 3.26. The molecular weight excluding hydrogens is 390 g/mol. The molecule has 0 radical (unpaired) electrons. The molecule has 29 heavy (non-hydrogen) atoms. The van der Waals surface area contributed by atoms with Crippen molar-refractivity contribution in [1.29, 1.82) is 0 Å². The third-order valence-corrected chi connectivity index (χ3v) is 5.02. The minimum absolute atomic E-state index is 0. The van der Waals surface area contributed by atoms with Crippen LogP contribution in [0, 0.1) is 6.92 Å². The molecule has 2 aromatic carbocycles. The normalized spacial score (nSPS) is 16.8. The number of nitrogens with zero attached hydrogens (tertiary/aromatic N) is 3. The highest BCUT2D eigenvalue weighted by Crippen LogP contribution is 2.27. The monoisotopic (exact) mass is 413 g/mol. The van der Waals surface area contributed by atoms with Crippen LogP contribution in [-0.4, -0.2) is 47.6 Å². The lowest BCUT2D eigenvalue weighted by Gasteiger charge is -2.30. The first-order valence-corrected chi connectivity index (χ1v) is 9.34. The van der Waals surface area contributed by atoms with E-state index in [-0.39, 0.29) is 24.4 Å². The zero-order valence-electron chi connectivity index (χ0n) is 16.4. The van der Waals surface area contributed by atoms with Crippen LogP contribution in [0.3, 0.4) is 0 Å². The molecule has 0 bridgehead atoms. The van der Waals surface area contributed by atoms with E-state index in [4.69, 9.17) is 4.52 Å². The summed E-state index contributed by atoms with van der Waals surface area (Å²) in [7, 11) is 2.06. The maximum atomic E-state index is 12.5. The number of carbonyl (C=O) groups excluding carboxylic acids is 1. The van der Waals surface area contributed by atoms with Gasteiger partial charge in [0.15, 0.2) is 5.82 Å². The first-order chi connectivity index (χ1) is 13.6. The molecule has 1 aromatic heterocycles. The van der Waals surface area contributed by atoms with Crippen molar-refractivity contribution in [2.24, 2.45) is 0 Å². The van der Waals surface area contributed by atoms with Crippen molar-refractivity contribution in [2.75, 3.05) is 32.0 Å². The van der Waals surface area contributed by atoms with Gasteiger partial charge in [-0.05, 0) is 43.8 Å². The highest BCUT2D eigenvalue weighted by molar-refractivity contribution is 6.04. The molecule has 0 aliphatic carbocycles. The summed E-state index contributed by atoms with van der Waals surface area (Å²) in [5.74, 6) is 0.964. The lowest BCUT2D eigenvalue weighted by atomic mass is 10.1. The van der Waals surface area contributed by atoms with Crippen LogP contribution in [0.1, 0.15) is 27.8 Å². The van der Waals surface area contributed by atoms with Crippen LogP contribution < -0.4 is 10.6 Å². The summed E-state index contributed by atoms with van der Waals surface area (Å²) in [5.41, 5.74) is 3.07. The Kier molecular flexibility index (Phi) is 6.64. The largest absolute Gasteiger partial charge is 0.334 e. The lowest BCUT2D eigenvalue weighted by molar-refractivity contribution is 0.102. The third-order valence-electron chi connectivity index (χ3n) is 5.02. The smallest absolute Gasteiger partial charge is 0.258 e. The molecule has 1 aliphatic heterocycles. The van der Waals surface area contributed by atoms with Gasteiger partial charge in [-0.15, -0.1) is 12.4 Å². The van der Waals surface area contributed by atoms with E-state index in [1.54, 1.807) is 12.1 Å². The van der Waals surface area contributed by atoms with Crippen LogP contribution in [0.5, 0.6) is 0 Å². The molecule has 8 heteroatoms. The van der Waals surface area contributed by atoms with Gasteiger partial charge in [-0.25, -0.2) is 0 Å². The first-order valence-electron chi connectivity index (χ1n) is 9.34. The number of piperazine rings is 1. The second kappa shape index (κ2) is 9.17. The zero-order valence-corrected chi connectivity index (χ0v) is 17.2. The molecule has 0 saturated carbocycles. The van der Waals surface area contributed by atoms with Gasteiger partial charge in [0.05, 0.1) is 6.04 Å². The molecule has 1 amide bonds. The SMILES string of the molecule is Cc1ccc(-c2nc(C3CNCCN3C)no2)cc1NC(=O)c1ccccc1.Cl. The summed E-state index contributed by atoms with van der Waals surface area (Å²) in [4.78, 5) is 19.3. The number of halogens is 1. The van der Waals surface area contributed by atoms with Crippen LogP contribution in [0.15, 0.2) is 53.1 Å². The number of hydrogen-bond acceptors (Lipinski definition) is 6. The van der Waals surface area contributed by atoms with Gasteiger partial charge in [0.1, 0.15) is 0 Å². The summed E-state index contributed by atoms with van der Waals surface area (Å²) >= 11 is 0.